The van der Waals surface area contributed by atoms with Gasteiger partial charge in [0.25, 0.3) is 0 Å². The Kier molecular flexibility index (Phi) is 5.99. The SMILES string of the molecule is C=C(O)[C@H](Cc1ccc(C)c(F)c1)N(C)C(=O)OCC1c2ccccc2-c2ccccc21. The van der Waals surface area contributed by atoms with Crippen molar-refractivity contribution in [3.05, 3.63) is 107 Å². The number of aliphatic hydroxyl groups is 1. The molecule has 0 heterocycles. The van der Waals surface area contributed by atoms with Crippen LogP contribution in [0.1, 0.15) is 28.2 Å². The predicted molar refractivity (Wildman–Crippen MR) is 123 cm³/mol. The molecule has 0 saturated heterocycles. The fraction of sp³-hybridized carbons (Fsp3) is 0.222. The van der Waals surface area contributed by atoms with Gasteiger partial charge >= 0.3 is 6.09 Å². The Balaban J connectivity index is 1.48. The minimum Gasteiger partial charge on any atom is -0.511 e. The molecule has 1 atom stereocenters. The minimum atomic E-state index is -0.729. The van der Waals surface area contributed by atoms with Crippen molar-refractivity contribution in [2.75, 3.05) is 13.7 Å². The smallest absolute Gasteiger partial charge is 0.410 e. The number of fused-ring (bicyclic) bond motifs is 3. The van der Waals surface area contributed by atoms with Crippen LogP contribution in [0.15, 0.2) is 79.1 Å². The lowest BCUT2D eigenvalue weighted by Crippen LogP contribution is -2.40. The third kappa shape index (κ3) is 4.11. The molecule has 0 saturated carbocycles. The van der Waals surface area contributed by atoms with Crippen LogP contribution < -0.4 is 0 Å². The second kappa shape index (κ2) is 8.87. The van der Waals surface area contributed by atoms with E-state index < -0.39 is 12.1 Å². The first-order chi connectivity index (χ1) is 15.4. The molecule has 0 bridgehead atoms. The highest BCUT2D eigenvalue weighted by atomic mass is 19.1. The summed E-state index contributed by atoms with van der Waals surface area (Å²) in [5.41, 5.74) is 5.76. The zero-order chi connectivity index (χ0) is 22.8. The quantitative estimate of drug-likeness (QED) is 0.487. The van der Waals surface area contributed by atoms with Crippen molar-refractivity contribution in [2.45, 2.75) is 25.3 Å². The van der Waals surface area contributed by atoms with Gasteiger partial charge in [0.15, 0.2) is 0 Å². The number of halogens is 1. The maximum Gasteiger partial charge on any atom is 0.410 e. The van der Waals surface area contributed by atoms with Gasteiger partial charge < -0.3 is 14.7 Å². The molecule has 1 aliphatic carbocycles. The van der Waals surface area contributed by atoms with Crippen LogP contribution in [-0.2, 0) is 11.2 Å². The second-order valence-electron chi connectivity index (χ2n) is 8.21. The fourth-order valence-electron chi connectivity index (χ4n) is 4.29. The van der Waals surface area contributed by atoms with Gasteiger partial charge in [0.2, 0.25) is 0 Å². The Morgan fingerprint density at radius 3 is 2.25 bits per heavy atom. The third-order valence-corrected chi connectivity index (χ3v) is 6.14. The number of hydrogen-bond acceptors (Lipinski definition) is 3. The normalized spacial score (nSPS) is 13.2. The number of aliphatic hydroxyl groups excluding tert-OH is 1. The van der Waals surface area contributed by atoms with Gasteiger partial charge in [0.1, 0.15) is 18.2 Å². The van der Waals surface area contributed by atoms with Gasteiger partial charge in [0.05, 0.1) is 6.04 Å². The lowest BCUT2D eigenvalue weighted by Gasteiger charge is -2.27. The van der Waals surface area contributed by atoms with E-state index in [1.54, 1.807) is 26.1 Å². The highest BCUT2D eigenvalue weighted by Crippen LogP contribution is 2.44. The van der Waals surface area contributed by atoms with Gasteiger partial charge in [-0.2, -0.15) is 0 Å². The van der Waals surface area contributed by atoms with E-state index >= 15 is 0 Å². The monoisotopic (exact) mass is 431 g/mol. The number of likely N-dealkylation sites (N-methyl/N-ethyl adjacent to an activating group) is 1. The van der Waals surface area contributed by atoms with E-state index in [0.29, 0.717) is 11.1 Å². The van der Waals surface area contributed by atoms with E-state index in [0.717, 1.165) is 22.3 Å². The lowest BCUT2D eigenvalue weighted by atomic mass is 9.98. The molecule has 0 aromatic heterocycles. The topological polar surface area (TPSA) is 49.8 Å². The highest BCUT2D eigenvalue weighted by molar-refractivity contribution is 5.79. The Bertz CT molecular complexity index is 1130. The molecule has 3 aromatic rings. The first-order valence-corrected chi connectivity index (χ1v) is 10.6. The summed E-state index contributed by atoms with van der Waals surface area (Å²) in [6, 6.07) is 20.4. The summed E-state index contributed by atoms with van der Waals surface area (Å²) in [7, 11) is 1.55. The first-order valence-electron chi connectivity index (χ1n) is 10.6. The van der Waals surface area contributed by atoms with Crippen LogP contribution in [-0.4, -0.2) is 35.8 Å². The van der Waals surface area contributed by atoms with Gasteiger partial charge in [-0.25, -0.2) is 9.18 Å². The highest BCUT2D eigenvalue weighted by Gasteiger charge is 2.30. The molecular formula is C27H26FNO3. The number of benzene rings is 3. The molecule has 4 rings (SSSR count). The molecular weight excluding hydrogens is 405 g/mol. The summed E-state index contributed by atoms with van der Waals surface area (Å²) < 4.78 is 19.6. The largest absolute Gasteiger partial charge is 0.511 e. The van der Waals surface area contributed by atoms with Gasteiger partial charge in [-0.3, -0.25) is 0 Å². The number of amides is 1. The summed E-state index contributed by atoms with van der Waals surface area (Å²) >= 11 is 0. The number of rotatable bonds is 6. The van der Waals surface area contributed by atoms with E-state index in [2.05, 4.69) is 30.8 Å². The average Bonchev–Trinajstić information content (AvgIpc) is 3.11. The lowest BCUT2D eigenvalue weighted by molar-refractivity contribution is 0.0923. The van der Waals surface area contributed by atoms with Gasteiger partial charge in [-0.05, 0) is 46.4 Å². The van der Waals surface area contributed by atoms with Crippen LogP contribution in [0.4, 0.5) is 9.18 Å². The Labute approximate surface area is 187 Å². The summed E-state index contributed by atoms with van der Waals surface area (Å²) in [6.07, 6.45) is -0.340. The number of carbonyl (C=O) groups is 1. The van der Waals surface area contributed by atoms with Crippen molar-refractivity contribution < 1.29 is 19.0 Å². The van der Waals surface area contributed by atoms with E-state index in [1.165, 1.54) is 11.0 Å². The number of carbonyl (C=O) groups excluding carboxylic acids is 1. The van der Waals surface area contributed by atoms with E-state index in [9.17, 15) is 14.3 Å². The zero-order valence-electron chi connectivity index (χ0n) is 18.2. The van der Waals surface area contributed by atoms with E-state index in [1.807, 2.05) is 24.3 Å². The van der Waals surface area contributed by atoms with E-state index in [4.69, 9.17) is 4.74 Å². The number of hydrogen-bond donors (Lipinski definition) is 1. The maximum atomic E-state index is 13.9. The van der Waals surface area contributed by atoms with Crippen LogP contribution in [0.25, 0.3) is 11.1 Å². The molecule has 32 heavy (non-hydrogen) atoms. The fourth-order valence-corrected chi connectivity index (χ4v) is 4.29. The summed E-state index contributed by atoms with van der Waals surface area (Å²) in [5.74, 6) is -0.558. The molecule has 0 spiro atoms. The molecule has 1 aliphatic rings. The summed E-state index contributed by atoms with van der Waals surface area (Å²) in [4.78, 5) is 14.2. The summed E-state index contributed by atoms with van der Waals surface area (Å²) in [6.45, 7) is 5.47. The molecule has 5 heteroatoms. The first kappa shape index (κ1) is 21.6. The Hall–Kier alpha value is -3.60. The van der Waals surface area contributed by atoms with Crippen LogP contribution in [0, 0.1) is 12.7 Å². The summed E-state index contributed by atoms with van der Waals surface area (Å²) in [5, 5.41) is 10.1. The molecule has 0 unspecified atom stereocenters. The van der Waals surface area contributed by atoms with Crippen LogP contribution in [0.5, 0.6) is 0 Å². The van der Waals surface area contributed by atoms with Gasteiger partial charge in [-0.15, -0.1) is 0 Å². The van der Waals surface area contributed by atoms with Crippen LogP contribution >= 0.6 is 0 Å². The van der Waals surface area contributed by atoms with Crippen LogP contribution in [0.3, 0.4) is 0 Å². The standard InChI is InChI=1S/C27H26FNO3/c1-17-12-13-19(14-25(17)28)15-26(18(2)30)29(3)27(31)32-16-24-22-10-6-4-8-20(22)21-9-5-7-11-23(21)24/h4-14,24,26,30H,2,15-16H2,1,3H3/t26-/m0/s1. The van der Waals surface area contributed by atoms with Crippen molar-refractivity contribution >= 4 is 6.09 Å². The van der Waals surface area contributed by atoms with Crippen molar-refractivity contribution in [1.82, 2.24) is 4.90 Å². The molecule has 1 N–H and O–H groups in total. The second-order valence-corrected chi connectivity index (χ2v) is 8.21. The zero-order valence-corrected chi connectivity index (χ0v) is 18.2. The van der Waals surface area contributed by atoms with Gasteiger partial charge in [-0.1, -0.05) is 67.2 Å². The Morgan fingerprint density at radius 1 is 1.09 bits per heavy atom. The van der Waals surface area contributed by atoms with Crippen molar-refractivity contribution in [1.29, 1.82) is 0 Å². The number of nitrogens with zero attached hydrogens (tertiary/aromatic N) is 1. The molecule has 0 radical (unpaired) electrons. The molecule has 0 aliphatic heterocycles. The van der Waals surface area contributed by atoms with Crippen molar-refractivity contribution in [3.63, 3.8) is 0 Å². The molecule has 1 amide bonds. The maximum absolute atomic E-state index is 13.9. The van der Waals surface area contributed by atoms with E-state index in [-0.39, 0.29) is 30.5 Å². The number of aryl methyl sites for hydroxylation is 1. The average molecular weight is 432 g/mol. The van der Waals surface area contributed by atoms with Crippen molar-refractivity contribution in [2.24, 2.45) is 0 Å². The van der Waals surface area contributed by atoms with Gasteiger partial charge in [0, 0.05) is 19.4 Å². The van der Waals surface area contributed by atoms with Crippen molar-refractivity contribution in [3.8, 4) is 11.1 Å². The molecule has 0 fully saturated rings. The minimum absolute atomic E-state index is 0.0540. The third-order valence-electron chi connectivity index (χ3n) is 6.14. The molecule has 164 valence electrons. The Morgan fingerprint density at radius 2 is 1.69 bits per heavy atom. The number of ether oxygens (including phenoxy) is 1. The predicted octanol–water partition coefficient (Wildman–Crippen LogP) is 6.00. The molecule has 4 nitrogen and oxygen atoms in total. The van der Waals surface area contributed by atoms with Crippen LogP contribution in [0.2, 0.25) is 0 Å². The molecule has 3 aromatic carbocycles.